The fourth-order valence-electron chi connectivity index (χ4n) is 1.44. The third-order valence-electron chi connectivity index (χ3n) is 2.05. The number of hydrogen-bond acceptors (Lipinski definition) is 3. The molecule has 4 nitrogen and oxygen atoms in total. The summed E-state index contributed by atoms with van der Waals surface area (Å²) in [7, 11) is 0. The van der Waals surface area contributed by atoms with E-state index >= 15 is 0 Å². The summed E-state index contributed by atoms with van der Waals surface area (Å²) in [4.78, 5) is 26.3. The molecular weight excluding hydrogens is 168 g/mol. The third-order valence-corrected chi connectivity index (χ3v) is 2.05. The van der Waals surface area contributed by atoms with E-state index in [1.807, 2.05) is 6.92 Å². The Hall–Kier alpha value is -1.71. The van der Waals surface area contributed by atoms with Crippen molar-refractivity contribution in [2.24, 2.45) is 0 Å². The van der Waals surface area contributed by atoms with Crippen molar-refractivity contribution in [1.82, 2.24) is 10.3 Å². The van der Waals surface area contributed by atoms with E-state index in [1.165, 1.54) is 0 Å². The van der Waals surface area contributed by atoms with Crippen molar-refractivity contribution in [2.75, 3.05) is 0 Å². The van der Waals surface area contributed by atoms with Crippen LogP contribution in [-0.2, 0) is 11.2 Å². The van der Waals surface area contributed by atoms with E-state index in [1.54, 1.807) is 12.3 Å². The molecule has 66 valence electrons. The minimum Gasteiger partial charge on any atom is -0.292 e. The average Bonchev–Trinajstić information content (AvgIpc) is 2.02. The first-order chi connectivity index (χ1) is 6.18. The molecule has 0 unspecified atom stereocenters. The maximum absolute atomic E-state index is 11.3. The number of aromatic nitrogens is 1. The highest BCUT2D eigenvalue weighted by Gasteiger charge is 2.24. The molecule has 1 aliphatic rings. The van der Waals surface area contributed by atoms with E-state index in [9.17, 15) is 9.59 Å². The summed E-state index contributed by atoms with van der Waals surface area (Å²) in [6.45, 7) is 1.83. The van der Waals surface area contributed by atoms with Gasteiger partial charge in [-0.1, -0.05) is 0 Å². The topological polar surface area (TPSA) is 59.1 Å². The van der Waals surface area contributed by atoms with E-state index < -0.39 is 0 Å². The van der Waals surface area contributed by atoms with Gasteiger partial charge >= 0.3 is 0 Å². The summed E-state index contributed by atoms with van der Waals surface area (Å²) in [5.74, 6) is -0.618. The number of fused-ring (bicyclic) bond motifs is 1. The molecule has 0 atom stereocenters. The first kappa shape index (κ1) is 7.91. The molecule has 0 saturated carbocycles. The molecule has 0 saturated heterocycles. The molecule has 13 heavy (non-hydrogen) atoms. The van der Waals surface area contributed by atoms with Crippen LogP contribution in [0.15, 0.2) is 12.3 Å². The molecule has 1 aliphatic heterocycles. The first-order valence-corrected chi connectivity index (χ1v) is 3.97. The van der Waals surface area contributed by atoms with Crippen LogP contribution >= 0.6 is 0 Å². The highest BCUT2D eigenvalue weighted by Crippen LogP contribution is 2.15. The molecule has 0 aliphatic carbocycles. The van der Waals surface area contributed by atoms with Gasteiger partial charge in [-0.2, -0.15) is 0 Å². The summed E-state index contributed by atoms with van der Waals surface area (Å²) in [6.07, 6.45) is 1.81. The number of carbonyl (C=O) groups excluding carboxylic acids is 2. The Bertz CT molecular complexity index is 399. The minimum atomic E-state index is -0.336. The Labute approximate surface area is 75.0 Å². The number of amides is 2. The SMILES string of the molecule is Cc1ccnc2c1C(=O)NC(=O)C2. The molecule has 0 fully saturated rings. The number of nitrogens with one attached hydrogen (secondary N) is 1. The second-order valence-corrected chi connectivity index (χ2v) is 3.00. The molecule has 4 heteroatoms. The Morgan fingerprint density at radius 2 is 2.23 bits per heavy atom. The van der Waals surface area contributed by atoms with Crippen LogP contribution in [0.5, 0.6) is 0 Å². The lowest BCUT2D eigenvalue weighted by Crippen LogP contribution is -2.38. The molecule has 0 aromatic carbocycles. The van der Waals surface area contributed by atoms with Gasteiger partial charge in [-0.3, -0.25) is 19.9 Å². The van der Waals surface area contributed by atoms with Crippen LogP contribution in [0.3, 0.4) is 0 Å². The van der Waals surface area contributed by atoms with Gasteiger partial charge < -0.3 is 0 Å². The van der Waals surface area contributed by atoms with Crippen molar-refractivity contribution in [3.05, 3.63) is 29.1 Å². The Balaban J connectivity index is 2.61. The predicted octanol–water partition coefficient (Wildman–Crippen LogP) is 0.203. The quantitative estimate of drug-likeness (QED) is 0.574. The fraction of sp³-hybridized carbons (Fsp3) is 0.222. The number of rotatable bonds is 0. The second kappa shape index (κ2) is 2.65. The van der Waals surface area contributed by atoms with Crippen LogP contribution in [0.4, 0.5) is 0 Å². The summed E-state index contributed by atoms with van der Waals surface area (Å²) in [6, 6.07) is 1.76. The van der Waals surface area contributed by atoms with Crippen molar-refractivity contribution < 1.29 is 9.59 Å². The number of carbonyl (C=O) groups is 2. The maximum Gasteiger partial charge on any atom is 0.259 e. The summed E-state index contributed by atoms with van der Waals surface area (Å²) >= 11 is 0. The zero-order chi connectivity index (χ0) is 9.42. The molecule has 1 N–H and O–H groups in total. The number of imide groups is 1. The fourth-order valence-corrected chi connectivity index (χ4v) is 1.44. The molecule has 1 aromatic rings. The number of pyridine rings is 1. The molecule has 2 rings (SSSR count). The normalized spacial score (nSPS) is 15.2. The van der Waals surface area contributed by atoms with Crippen LogP contribution in [-0.4, -0.2) is 16.8 Å². The maximum atomic E-state index is 11.3. The van der Waals surface area contributed by atoms with E-state index in [-0.39, 0.29) is 18.2 Å². The van der Waals surface area contributed by atoms with Crippen LogP contribution in [0, 0.1) is 6.92 Å². The molecule has 2 heterocycles. The zero-order valence-corrected chi connectivity index (χ0v) is 7.13. The van der Waals surface area contributed by atoms with Crippen LogP contribution in [0.1, 0.15) is 21.6 Å². The van der Waals surface area contributed by atoms with Gasteiger partial charge in [0.25, 0.3) is 5.91 Å². The van der Waals surface area contributed by atoms with Crippen LogP contribution in [0.25, 0.3) is 0 Å². The summed E-state index contributed by atoms with van der Waals surface area (Å²) in [5.41, 5.74) is 1.98. The van der Waals surface area contributed by atoms with Gasteiger partial charge in [0, 0.05) is 6.20 Å². The highest BCUT2D eigenvalue weighted by atomic mass is 16.2. The van der Waals surface area contributed by atoms with E-state index in [4.69, 9.17) is 0 Å². The van der Waals surface area contributed by atoms with Crippen molar-refractivity contribution in [2.45, 2.75) is 13.3 Å². The van der Waals surface area contributed by atoms with E-state index in [0.717, 1.165) is 5.56 Å². The Kier molecular flexibility index (Phi) is 1.62. The Morgan fingerprint density at radius 3 is 3.00 bits per heavy atom. The monoisotopic (exact) mass is 176 g/mol. The summed E-state index contributed by atoms with van der Waals surface area (Å²) in [5, 5.41) is 2.26. The largest absolute Gasteiger partial charge is 0.292 e. The zero-order valence-electron chi connectivity index (χ0n) is 7.13. The van der Waals surface area contributed by atoms with Gasteiger partial charge in [-0.25, -0.2) is 0 Å². The van der Waals surface area contributed by atoms with Gasteiger partial charge in [0.1, 0.15) is 0 Å². The molecule has 2 amide bonds. The van der Waals surface area contributed by atoms with Gasteiger partial charge in [-0.15, -0.1) is 0 Å². The highest BCUT2D eigenvalue weighted by molar-refractivity contribution is 6.10. The van der Waals surface area contributed by atoms with Crippen molar-refractivity contribution in [3.63, 3.8) is 0 Å². The lowest BCUT2D eigenvalue weighted by molar-refractivity contribution is -0.119. The van der Waals surface area contributed by atoms with Crippen LogP contribution < -0.4 is 5.32 Å². The number of aryl methyl sites for hydroxylation is 1. The Morgan fingerprint density at radius 1 is 1.46 bits per heavy atom. The standard InChI is InChI=1S/C9H8N2O2/c1-5-2-3-10-6-4-7(12)11-9(13)8(5)6/h2-3H,4H2,1H3,(H,11,12,13). The third kappa shape index (κ3) is 1.20. The van der Waals surface area contributed by atoms with Crippen molar-refractivity contribution in [3.8, 4) is 0 Å². The van der Waals surface area contributed by atoms with Crippen molar-refractivity contribution >= 4 is 11.8 Å². The molecule has 0 bridgehead atoms. The number of hydrogen-bond donors (Lipinski definition) is 1. The van der Waals surface area contributed by atoms with Gasteiger partial charge in [0.15, 0.2) is 0 Å². The lowest BCUT2D eigenvalue weighted by Gasteiger charge is -2.15. The predicted molar refractivity (Wildman–Crippen MR) is 45.2 cm³/mol. The molecule has 0 spiro atoms. The van der Waals surface area contributed by atoms with E-state index in [2.05, 4.69) is 10.3 Å². The first-order valence-electron chi connectivity index (χ1n) is 3.97. The second-order valence-electron chi connectivity index (χ2n) is 3.00. The lowest BCUT2D eigenvalue weighted by atomic mass is 10.0. The van der Waals surface area contributed by atoms with Gasteiger partial charge in [-0.05, 0) is 18.6 Å². The van der Waals surface area contributed by atoms with Crippen molar-refractivity contribution in [1.29, 1.82) is 0 Å². The summed E-state index contributed by atoms with van der Waals surface area (Å²) < 4.78 is 0. The number of nitrogens with zero attached hydrogens (tertiary/aromatic N) is 1. The average molecular weight is 176 g/mol. The molecule has 0 radical (unpaired) electrons. The van der Waals surface area contributed by atoms with E-state index in [0.29, 0.717) is 11.3 Å². The smallest absolute Gasteiger partial charge is 0.259 e. The van der Waals surface area contributed by atoms with Crippen LogP contribution in [0.2, 0.25) is 0 Å². The van der Waals surface area contributed by atoms with Gasteiger partial charge in [0.2, 0.25) is 5.91 Å². The van der Waals surface area contributed by atoms with Gasteiger partial charge in [0.05, 0.1) is 17.7 Å². The minimum absolute atomic E-state index is 0.197. The molecule has 1 aromatic heterocycles. The molecular formula is C9H8N2O2.